The zero-order valence-electron chi connectivity index (χ0n) is 12.0. The molecule has 0 atom stereocenters. The van der Waals surface area contributed by atoms with Crippen molar-refractivity contribution in [1.29, 1.82) is 0 Å². The molecule has 1 aliphatic rings. The maximum absolute atomic E-state index is 13.4. The number of nitrogens with zero attached hydrogens (tertiary/aromatic N) is 2. The van der Waals surface area contributed by atoms with Gasteiger partial charge in [-0.05, 0) is 18.2 Å². The van der Waals surface area contributed by atoms with Gasteiger partial charge in [0.25, 0.3) is 5.91 Å². The fraction of sp³-hybridized carbons (Fsp3) is 0.133. The number of hydrogen-bond acceptors (Lipinski definition) is 4. The molecule has 124 valence electrons. The lowest BCUT2D eigenvalue weighted by Crippen LogP contribution is -2.47. The number of amidine groups is 1. The molecule has 0 fully saturated rings. The first-order valence-electron chi connectivity index (χ1n) is 6.77. The molecular weight excluding hydrogens is 345 g/mol. The minimum atomic E-state index is -4.58. The van der Waals surface area contributed by atoms with E-state index in [0.29, 0.717) is 5.02 Å². The van der Waals surface area contributed by atoms with Crippen molar-refractivity contribution in [2.75, 3.05) is 6.54 Å². The van der Waals surface area contributed by atoms with E-state index >= 15 is 0 Å². The maximum atomic E-state index is 13.4. The largest absolute Gasteiger partial charge is 0.417 e. The first-order chi connectivity index (χ1) is 11.3. The predicted octanol–water partition coefficient (Wildman–Crippen LogP) is 2.80. The van der Waals surface area contributed by atoms with Crippen LogP contribution in [0.15, 0.2) is 41.5 Å². The van der Waals surface area contributed by atoms with Crippen molar-refractivity contribution in [3.05, 3.63) is 52.7 Å². The monoisotopic (exact) mass is 354 g/mol. The zero-order valence-corrected chi connectivity index (χ0v) is 12.7. The number of nitrogens with one attached hydrogen (secondary N) is 2. The summed E-state index contributed by atoms with van der Waals surface area (Å²) in [5.74, 6) is -0.201. The van der Waals surface area contributed by atoms with Crippen molar-refractivity contribution in [2.24, 2.45) is 4.99 Å². The summed E-state index contributed by atoms with van der Waals surface area (Å²) in [7, 11) is 0. The quantitative estimate of drug-likeness (QED) is 0.871. The highest BCUT2D eigenvalue weighted by molar-refractivity contribution is 6.30. The molecule has 0 saturated heterocycles. The van der Waals surface area contributed by atoms with Gasteiger partial charge in [0.1, 0.15) is 12.4 Å². The summed E-state index contributed by atoms with van der Waals surface area (Å²) in [6.45, 7) is -0.149. The van der Waals surface area contributed by atoms with E-state index in [1.54, 1.807) is 0 Å². The lowest BCUT2D eigenvalue weighted by atomic mass is 10.00. The van der Waals surface area contributed by atoms with Crippen molar-refractivity contribution in [2.45, 2.75) is 6.18 Å². The summed E-state index contributed by atoms with van der Waals surface area (Å²) >= 11 is 5.72. The van der Waals surface area contributed by atoms with Gasteiger partial charge in [0.2, 0.25) is 0 Å². The second kappa shape index (κ2) is 6.12. The van der Waals surface area contributed by atoms with Crippen molar-refractivity contribution in [1.82, 2.24) is 15.8 Å². The summed E-state index contributed by atoms with van der Waals surface area (Å²) in [6.07, 6.45) is -3.29. The molecule has 2 N–H and O–H groups in total. The Hall–Kier alpha value is -2.61. The number of rotatable bonds is 2. The van der Waals surface area contributed by atoms with Crippen LogP contribution in [0.4, 0.5) is 13.2 Å². The minimum Gasteiger partial charge on any atom is -0.282 e. The summed E-state index contributed by atoms with van der Waals surface area (Å²) < 4.78 is 40.3. The normalized spacial score (nSPS) is 14.7. The van der Waals surface area contributed by atoms with Crippen molar-refractivity contribution in [3.8, 4) is 11.3 Å². The fourth-order valence-corrected chi connectivity index (χ4v) is 2.32. The average Bonchev–Trinajstić information content (AvgIpc) is 2.55. The molecule has 0 aliphatic carbocycles. The SMILES string of the molecule is O=C1CN=C(c2ccc(-c3ccc(Cl)cn3)c(C(F)(F)F)c2)NN1. The average molecular weight is 355 g/mol. The van der Waals surface area contributed by atoms with Crippen LogP contribution in [0.2, 0.25) is 5.02 Å². The minimum absolute atomic E-state index is 0.0663. The van der Waals surface area contributed by atoms with Gasteiger partial charge >= 0.3 is 6.18 Å². The number of amides is 1. The van der Waals surface area contributed by atoms with E-state index in [1.165, 1.54) is 30.5 Å². The third-order valence-corrected chi connectivity index (χ3v) is 3.53. The van der Waals surface area contributed by atoms with Crippen molar-refractivity contribution < 1.29 is 18.0 Å². The molecule has 3 rings (SSSR count). The molecule has 0 unspecified atom stereocenters. The molecule has 24 heavy (non-hydrogen) atoms. The standard InChI is InChI=1S/C15H10ClF3N4O/c16-9-2-4-12(20-6-9)10-3-1-8(5-11(10)15(17,18)19)14-21-7-13(24)22-23-14/h1-6H,7H2,(H,21,23)(H,22,24). The summed E-state index contributed by atoms with van der Waals surface area (Å²) in [6, 6.07) is 6.65. The van der Waals surface area contributed by atoms with Gasteiger partial charge in [-0.3, -0.25) is 25.6 Å². The van der Waals surface area contributed by atoms with Crippen LogP contribution < -0.4 is 10.9 Å². The molecule has 2 aromatic rings. The molecule has 0 bridgehead atoms. The number of aliphatic imine (C=N–C) groups is 1. The Labute approximate surface area is 139 Å². The smallest absolute Gasteiger partial charge is 0.282 e. The van der Waals surface area contributed by atoms with E-state index in [2.05, 4.69) is 20.8 Å². The van der Waals surface area contributed by atoms with Gasteiger partial charge in [0.15, 0.2) is 0 Å². The fourth-order valence-electron chi connectivity index (χ4n) is 2.21. The zero-order chi connectivity index (χ0) is 17.3. The van der Waals surface area contributed by atoms with Gasteiger partial charge in [-0.2, -0.15) is 13.2 Å². The third-order valence-electron chi connectivity index (χ3n) is 3.30. The third kappa shape index (κ3) is 3.33. The number of carbonyl (C=O) groups is 1. The number of carbonyl (C=O) groups excluding carboxylic acids is 1. The first kappa shape index (κ1) is 16.3. The molecular formula is C15H10ClF3N4O. The van der Waals surface area contributed by atoms with E-state index < -0.39 is 11.7 Å². The van der Waals surface area contributed by atoms with Crippen molar-refractivity contribution in [3.63, 3.8) is 0 Å². The van der Waals surface area contributed by atoms with Gasteiger partial charge < -0.3 is 0 Å². The molecule has 0 radical (unpaired) electrons. The van der Waals surface area contributed by atoms with Crippen LogP contribution in [0.5, 0.6) is 0 Å². The highest BCUT2D eigenvalue weighted by Crippen LogP contribution is 2.37. The maximum Gasteiger partial charge on any atom is 0.417 e. The lowest BCUT2D eigenvalue weighted by Gasteiger charge is -2.18. The summed E-state index contributed by atoms with van der Waals surface area (Å²) in [5.41, 5.74) is 4.24. The van der Waals surface area contributed by atoms with E-state index in [1.807, 2.05) is 0 Å². The Morgan fingerprint density at radius 2 is 1.92 bits per heavy atom. The lowest BCUT2D eigenvalue weighted by molar-refractivity contribution is -0.137. The highest BCUT2D eigenvalue weighted by atomic mass is 35.5. The molecule has 1 aromatic heterocycles. The van der Waals surface area contributed by atoms with Crippen LogP contribution in [-0.2, 0) is 11.0 Å². The molecule has 1 aromatic carbocycles. The predicted molar refractivity (Wildman–Crippen MR) is 82.4 cm³/mol. The van der Waals surface area contributed by atoms with E-state index in [4.69, 9.17) is 11.6 Å². The molecule has 1 amide bonds. The van der Waals surface area contributed by atoms with E-state index in [0.717, 1.165) is 6.07 Å². The number of pyridine rings is 1. The number of aromatic nitrogens is 1. The molecule has 0 saturated carbocycles. The molecule has 0 spiro atoms. The van der Waals surface area contributed by atoms with Crippen LogP contribution in [0.1, 0.15) is 11.1 Å². The number of halogens is 4. The number of benzene rings is 1. The van der Waals surface area contributed by atoms with E-state index in [9.17, 15) is 18.0 Å². The van der Waals surface area contributed by atoms with Crippen LogP contribution in [0.3, 0.4) is 0 Å². The van der Waals surface area contributed by atoms with Gasteiger partial charge in [-0.1, -0.05) is 23.7 Å². The summed E-state index contributed by atoms with van der Waals surface area (Å²) in [5, 5.41) is 0.334. The number of alkyl halides is 3. The van der Waals surface area contributed by atoms with Crippen LogP contribution in [0.25, 0.3) is 11.3 Å². The molecule has 2 heterocycles. The Kier molecular flexibility index (Phi) is 4.15. The van der Waals surface area contributed by atoms with Gasteiger partial charge in [0.05, 0.1) is 16.3 Å². The van der Waals surface area contributed by atoms with Crippen molar-refractivity contribution >= 4 is 23.3 Å². The molecule has 5 nitrogen and oxygen atoms in total. The Bertz CT molecular complexity index is 818. The summed E-state index contributed by atoms with van der Waals surface area (Å²) in [4.78, 5) is 18.9. The molecule has 9 heteroatoms. The van der Waals surface area contributed by atoms with Gasteiger partial charge in [-0.25, -0.2) is 0 Å². The Morgan fingerprint density at radius 1 is 1.12 bits per heavy atom. The van der Waals surface area contributed by atoms with Crippen LogP contribution in [-0.4, -0.2) is 23.3 Å². The Balaban J connectivity index is 2.08. The van der Waals surface area contributed by atoms with Gasteiger partial charge in [-0.15, -0.1) is 0 Å². The second-order valence-corrected chi connectivity index (χ2v) is 5.39. The molecule has 1 aliphatic heterocycles. The number of hydrogen-bond donors (Lipinski definition) is 2. The second-order valence-electron chi connectivity index (χ2n) is 4.96. The van der Waals surface area contributed by atoms with Crippen LogP contribution >= 0.6 is 11.6 Å². The topological polar surface area (TPSA) is 66.4 Å². The number of hydrazine groups is 1. The van der Waals surface area contributed by atoms with Crippen LogP contribution in [0, 0.1) is 0 Å². The first-order valence-corrected chi connectivity index (χ1v) is 7.15. The highest BCUT2D eigenvalue weighted by Gasteiger charge is 2.34. The Morgan fingerprint density at radius 3 is 2.50 bits per heavy atom. The van der Waals surface area contributed by atoms with Gasteiger partial charge in [0, 0.05) is 17.3 Å². The van der Waals surface area contributed by atoms with E-state index in [-0.39, 0.29) is 35.1 Å².